The lowest BCUT2D eigenvalue weighted by atomic mass is 10.3. The third-order valence-electron chi connectivity index (χ3n) is 4.37. The number of carbonyl (C=O) groups is 2. The molecule has 1 saturated heterocycles. The fourth-order valence-corrected chi connectivity index (χ4v) is 4.16. The van der Waals surface area contributed by atoms with Crippen LogP contribution in [0.1, 0.15) is 16.8 Å². The molecule has 1 amide bonds. The van der Waals surface area contributed by atoms with Crippen molar-refractivity contribution in [2.45, 2.75) is 12.6 Å². The van der Waals surface area contributed by atoms with Gasteiger partial charge in [-0.25, -0.2) is 14.3 Å². The van der Waals surface area contributed by atoms with E-state index in [0.29, 0.717) is 11.2 Å². The van der Waals surface area contributed by atoms with Crippen LogP contribution < -0.4 is 15.5 Å². The Labute approximate surface area is 192 Å². The molecule has 172 valence electrons. The summed E-state index contributed by atoms with van der Waals surface area (Å²) in [7, 11) is 0. The summed E-state index contributed by atoms with van der Waals surface area (Å²) in [6, 6.07) is 1.95. The molecule has 0 radical (unpaired) electrons. The number of nitrogens with zero attached hydrogens (tertiary/aromatic N) is 4. The summed E-state index contributed by atoms with van der Waals surface area (Å²) in [6.07, 6.45) is -0.593. The van der Waals surface area contributed by atoms with Crippen LogP contribution in [-0.2, 0) is 4.79 Å². The number of hydrogen-bond acceptors (Lipinski definition) is 7. The van der Waals surface area contributed by atoms with Gasteiger partial charge in [-0.1, -0.05) is 0 Å². The number of alkyl halides is 3. The Morgan fingerprint density at radius 1 is 1.25 bits per heavy atom. The largest absolute Gasteiger partial charge is 0.490 e. The Morgan fingerprint density at radius 2 is 2.00 bits per heavy atom. The minimum absolute atomic E-state index is 0.212. The maximum absolute atomic E-state index is 12.6. The van der Waals surface area contributed by atoms with Gasteiger partial charge in [0.15, 0.2) is 5.65 Å². The molecular formula is C18H18BrF3N6O3S. The first-order valence-electron chi connectivity index (χ1n) is 9.30. The summed E-state index contributed by atoms with van der Waals surface area (Å²) < 4.78 is 34.2. The zero-order valence-electron chi connectivity index (χ0n) is 16.4. The maximum atomic E-state index is 12.6. The number of hydrogen-bond donors (Lipinski definition) is 3. The van der Waals surface area contributed by atoms with Crippen LogP contribution in [0.15, 0.2) is 33.7 Å². The Morgan fingerprint density at radius 3 is 2.66 bits per heavy atom. The van der Waals surface area contributed by atoms with Gasteiger partial charge >= 0.3 is 12.1 Å². The van der Waals surface area contributed by atoms with Crippen molar-refractivity contribution in [3.05, 3.63) is 39.3 Å². The summed E-state index contributed by atoms with van der Waals surface area (Å²) in [5.41, 5.74) is 1.79. The van der Waals surface area contributed by atoms with E-state index in [2.05, 4.69) is 36.6 Å². The van der Waals surface area contributed by atoms with E-state index in [1.54, 1.807) is 10.7 Å². The predicted octanol–water partition coefficient (Wildman–Crippen LogP) is 3.24. The van der Waals surface area contributed by atoms with Crippen molar-refractivity contribution in [3.8, 4) is 0 Å². The molecule has 0 saturated carbocycles. The van der Waals surface area contributed by atoms with Gasteiger partial charge in [-0.05, 0) is 35.0 Å². The molecule has 3 N–H and O–H groups in total. The summed E-state index contributed by atoms with van der Waals surface area (Å²) in [5, 5.41) is 21.5. The van der Waals surface area contributed by atoms with Gasteiger partial charge in [-0.2, -0.15) is 18.3 Å². The smallest absolute Gasteiger partial charge is 0.475 e. The average Bonchev–Trinajstić information content (AvgIpc) is 3.23. The molecule has 1 aliphatic heterocycles. The van der Waals surface area contributed by atoms with Crippen LogP contribution in [0.5, 0.6) is 0 Å². The van der Waals surface area contributed by atoms with E-state index in [9.17, 15) is 18.0 Å². The van der Waals surface area contributed by atoms with Gasteiger partial charge in [0.2, 0.25) is 0 Å². The number of carbonyl (C=O) groups excluding carboxylic acids is 1. The van der Waals surface area contributed by atoms with Crippen molar-refractivity contribution in [3.63, 3.8) is 0 Å². The molecule has 9 nitrogen and oxygen atoms in total. The van der Waals surface area contributed by atoms with Gasteiger partial charge in [0.05, 0.1) is 16.4 Å². The number of amides is 1. The highest BCUT2D eigenvalue weighted by atomic mass is 79.9. The first-order chi connectivity index (χ1) is 15.2. The van der Waals surface area contributed by atoms with E-state index in [1.165, 1.54) is 11.3 Å². The number of fused-ring (bicyclic) bond motifs is 1. The molecule has 0 spiro atoms. The fourth-order valence-electron chi connectivity index (χ4n) is 2.83. The molecule has 0 bridgehead atoms. The summed E-state index contributed by atoms with van der Waals surface area (Å²) in [6.45, 7) is 3.81. The Balaban J connectivity index is 0.000000360. The van der Waals surface area contributed by atoms with E-state index in [1.807, 2.05) is 23.0 Å². The second-order valence-electron chi connectivity index (χ2n) is 6.59. The standard InChI is InChI=1S/C16H17BrN6OS.C2HF3O2/c17-12-9-25-10-13(12)20-16(24)11-8-19-23-6-2-14(21-15(11)23)22-5-1-3-18-4-7-22;3-2(4,5)1(6)7/h2,6,8-10,18H,1,3-5,7H2,(H,20,24);(H,6,7). The summed E-state index contributed by atoms with van der Waals surface area (Å²) >= 11 is 4.95. The minimum atomic E-state index is -5.08. The fraction of sp³-hybridized carbons (Fsp3) is 0.333. The summed E-state index contributed by atoms with van der Waals surface area (Å²) in [5.74, 6) is -2.09. The van der Waals surface area contributed by atoms with Crippen LogP contribution in [0.2, 0.25) is 0 Å². The number of nitrogens with one attached hydrogen (secondary N) is 2. The van der Waals surface area contributed by atoms with Crippen molar-refractivity contribution in [1.29, 1.82) is 0 Å². The number of aliphatic carboxylic acids is 1. The van der Waals surface area contributed by atoms with Gasteiger partial charge in [0, 0.05) is 36.6 Å². The molecule has 32 heavy (non-hydrogen) atoms. The minimum Gasteiger partial charge on any atom is -0.475 e. The van der Waals surface area contributed by atoms with Crippen molar-refractivity contribution in [2.24, 2.45) is 0 Å². The quantitative estimate of drug-likeness (QED) is 0.472. The first-order valence-corrected chi connectivity index (χ1v) is 11.0. The predicted molar refractivity (Wildman–Crippen MR) is 116 cm³/mol. The molecule has 14 heteroatoms. The van der Waals surface area contributed by atoms with Crippen molar-refractivity contribution in [1.82, 2.24) is 19.9 Å². The monoisotopic (exact) mass is 534 g/mol. The molecule has 1 aliphatic rings. The lowest BCUT2D eigenvalue weighted by molar-refractivity contribution is -0.192. The molecular weight excluding hydrogens is 517 g/mol. The SMILES string of the molecule is O=C(Nc1cscc1Br)c1cnn2ccc(N3CCCNCC3)nc12.O=C(O)C(F)(F)F. The molecule has 4 rings (SSSR count). The van der Waals surface area contributed by atoms with Crippen molar-refractivity contribution in [2.75, 3.05) is 36.4 Å². The lowest BCUT2D eigenvalue weighted by Gasteiger charge is -2.20. The summed E-state index contributed by atoms with van der Waals surface area (Å²) in [4.78, 5) is 28.5. The number of rotatable bonds is 3. The van der Waals surface area contributed by atoms with E-state index in [4.69, 9.17) is 14.9 Å². The third-order valence-corrected chi connectivity index (χ3v) is 6.07. The van der Waals surface area contributed by atoms with E-state index in [0.717, 1.165) is 48.6 Å². The van der Waals surface area contributed by atoms with Crippen LogP contribution in [0.25, 0.3) is 5.65 Å². The number of halogens is 4. The lowest BCUT2D eigenvalue weighted by Crippen LogP contribution is -2.28. The van der Waals surface area contributed by atoms with E-state index in [-0.39, 0.29) is 5.91 Å². The van der Waals surface area contributed by atoms with Crippen molar-refractivity contribution < 1.29 is 27.9 Å². The number of anilines is 2. The van der Waals surface area contributed by atoms with E-state index >= 15 is 0 Å². The average molecular weight is 535 g/mol. The van der Waals surface area contributed by atoms with E-state index < -0.39 is 12.1 Å². The number of carboxylic acid groups (broad SMARTS) is 1. The molecule has 3 aromatic heterocycles. The molecule has 3 aromatic rings. The van der Waals surface area contributed by atoms with Gasteiger partial charge in [-0.15, -0.1) is 11.3 Å². The van der Waals surface area contributed by atoms with Crippen LogP contribution >= 0.6 is 27.3 Å². The van der Waals surface area contributed by atoms with Crippen LogP contribution in [0.3, 0.4) is 0 Å². The topological polar surface area (TPSA) is 112 Å². The maximum Gasteiger partial charge on any atom is 0.490 e. The normalized spacial score (nSPS) is 14.4. The second kappa shape index (κ2) is 10.3. The molecule has 4 heterocycles. The first kappa shape index (κ1) is 23.9. The molecule has 0 unspecified atom stereocenters. The Hall–Kier alpha value is -2.71. The van der Waals surface area contributed by atoms with Gasteiger partial charge in [0.1, 0.15) is 11.4 Å². The molecule has 0 aliphatic carbocycles. The van der Waals surface area contributed by atoms with Crippen molar-refractivity contribution >= 4 is 56.3 Å². The highest BCUT2D eigenvalue weighted by Gasteiger charge is 2.38. The Bertz CT molecular complexity index is 1100. The number of thiophene rings is 1. The highest BCUT2D eigenvalue weighted by molar-refractivity contribution is 9.10. The molecule has 0 aromatic carbocycles. The van der Waals surface area contributed by atoms with Crippen LogP contribution in [0.4, 0.5) is 24.7 Å². The number of aromatic nitrogens is 3. The van der Waals surface area contributed by atoms with Crippen LogP contribution in [-0.4, -0.2) is 63.9 Å². The molecule has 0 atom stereocenters. The third kappa shape index (κ3) is 5.95. The van der Waals surface area contributed by atoms with Gasteiger partial charge in [0.25, 0.3) is 5.91 Å². The Kier molecular flexibility index (Phi) is 7.69. The van der Waals surface area contributed by atoms with Gasteiger partial charge < -0.3 is 20.6 Å². The zero-order chi connectivity index (χ0) is 23.3. The highest BCUT2D eigenvalue weighted by Crippen LogP contribution is 2.27. The zero-order valence-corrected chi connectivity index (χ0v) is 18.8. The number of carboxylic acids is 1. The molecule has 1 fully saturated rings. The van der Waals surface area contributed by atoms with Crippen LogP contribution in [0, 0.1) is 0 Å². The second-order valence-corrected chi connectivity index (χ2v) is 8.19. The van der Waals surface area contributed by atoms with Gasteiger partial charge in [-0.3, -0.25) is 4.79 Å².